The molecule has 0 saturated carbocycles. The van der Waals surface area contributed by atoms with Crippen LogP contribution in [0.4, 0.5) is 11.4 Å². The van der Waals surface area contributed by atoms with Crippen molar-refractivity contribution in [3.05, 3.63) is 54.1 Å². The number of amides is 2. The number of halogens is 1. The van der Waals surface area contributed by atoms with Gasteiger partial charge in [0.1, 0.15) is 11.9 Å². The smallest absolute Gasteiger partial charge is 0.255 e. The predicted octanol–water partition coefficient (Wildman–Crippen LogP) is 3.20. The van der Waals surface area contributed by atoms with Crippen LogP contribution in [0, 0.1) is 0 Å². The van der Waals surface area contributed by atoms with E-state index in [1.165, 1.54) is 0 Å². The Labute approximate surface area is 176 Å². The van der Waals surface area contributed by atoms with Crippen LogP contribution in [-0.4, -0.2) is 37.2 Å². The maximum Gasteiger partial charge on any atom is 0.255 e. The minimum Gasteiger partial charge on any atom is -0.494 e. The Bertz CT molecular complexity index is 812. The standard InChI is InChI=1S/C21H25N3O4.ClH/c1-2-27-17-9-7-16(8-10-17)23-20(25)14-3-5-15(6-4-14)24-21(26)19-12-11-18(13-22)28-19;/h3-10,18-19H,2,11-13,22H2,1H3,(H,23,25)(H,24,26);1H/t18-,19+;/m1./s1. The molecule has 2 aromatic rings. The van der Waals surface area contributed by atoms with Crippen LogP contribution in [0.5, 0.6) is 5.75 Å². The van der Waals surface area contributed by atoms with Gasteiger partial charge in [0.25, 0.3) is 11.8 Å². The maximum absolute atomic E-state index is 12.4. The third-order valence-electron chi connectivity index (χ3n) is 4.50. The number of ether oxygens (including phenoxy) is 2. The normalized spacial score (nSPS) is 17.9. The third-order valence-corrected chi connectivity index (χ3v) is 4.50. The molecular weight excluding hydrogens is 394 g/mol. The second-order valence-electron chi connectivity index (χ2n) is 6.54. The highest BCUT2D eigenvalue weighted by molar-refractivity contribution is 6.04. The molecule has 0 aliphatic carbocycles. The molecule has 0 bridgehead atoms. The zero-order chi connectivity index (χ0) is 19.9. The summed E-state index contributed by atoms with van der Waals surface area (Å²) in [4.78, 5) is 24.6. The van der Waals surface area contributed by atoms with E-state index < -0.39 is 6.10 Å². The van der Waals surface area contributed by atoms with Gasteiger partial charge in [0, 0.05) is 23.5 Å². The van der Waals surface area contributed by atoms with Gasteiger partial charge in [-0.25, -0.2) is 0 Å². The molecule has 0 spiro atoms. The fourth-order valence-corrected chi connectivity index (χ4v) is 3.00. The van der Waals surface area contributed by atoms with Crippen molar-refractivity contribution in [3.8, 4) is 5.75 Å². The second kappa shape index (κ2) is 10.8. The molecule has 0 aromatic heterocycles. The highest BCUT2D eigenvalue weighted by Gasteiger charge is 2.29. The first kappa shape index (κ1) is 22.7. The van der Waals surface area contributed by atoms with Gasteiger partial charge in [-0.1, -0.05) is 0 Å². The van der Waals surface area contributed by atoms with E-state index in [0.717, 1.165) is 12.2 Å². The predicted molar refractivity (Wildman–Crippen MR) is 115 cm³/mol. The van der Waals surface area contributed by atoms with Crippen molar-refractivity contribution in [2.75, 3.05) is 23.8 Å². The molecule has 1 fully saturated rings. The fourth-order valence-electron chi connectivity index (χ4n) is 3.00. The van der Waals surface area contributed by atoms with E-state index in [0.29, 0.717) is 36.5 Å². The maximum atomic E-state index is 12.4. The van der Waals surface area contributed by atoms with E-state index in [1.807, 2.05) is 6.92 Å². The number of carbonyl (C=O) groups is 2. The molecule has 8 heteroatoms. The average Bonchev–Trinajstić information content (AvgIpc) is 3.20. The van der Waals surface area contributed by atoms with Gasteiger partial charge >= 0.3 is 0 Å². The quantitative estimate of drug-likeness (QED) is 0.639. The first-order valence-corrected chi connectivity index (χ1v) is 9.39. The minimum absolute atomic E-state index is 0. The monoisotopic (exact) mass is 419 g/mol. The summed E-state index contributed by atoms with van der Waals surface area (Å²) >= 11 is 0. The van der Waals surface area contributed by atoms with Gasteiger partial charge in [-0.15, -0.1) is 12.4 Å². The van der Waals surface area contributed by atoms with Crippen molar-refractivity contribution >= 4 is 35.6 Å². The summed E-state index contributed by atoms with van der Waals surface area (Å²) in [7, 11) is 0. The summed E-state index contributed by atoms with van der Waals surface area (Å²) in [5.74, 6) is 0.333. The Morgan fingerprint density at radius 2 is 1.66 bits per heavy atom. The molecule has 7 nitrogen and oxygen atoms in total. The highest BCUT2D eigenvalue weighted by atomic mass is 35.5. The lowest BCUT2D eigenvalue weighted by molar-refractivity contribution is -0.126. The first-order chi connectivity index (χ1) is 13.6. The van der Waals surface area contributed by atoms with Crippen LogP contribution in [0.25, 0.3) is 0 Å². The number of hydrogen-bond acceptors (Lipinski definition) is 5. The summed E-state index contributed by atoms with van der Waals surface area (Å²) < 4.78 is 11.0. The van der Waals surface area contributed by atoms with Crippen molar-refractivity contribution in [3.63, 3.8) is 0 Å². The lowest BCUT2D eigenvalue weighted by Crippen LogP contribution is -2.29. The summed E-state index contributed by atoms with van der Waals surface area (Å²) in [5, 5.41) is 5.64. The van der Waals surface area contributed by atoms with E-state index >= 15 is 0 Å². The number of anilines is 2. The molecule has 1 saturated heterocycles. The van der Waals surface area contributed by atoms with Gasteiger partial charge in [-0.3, -0.25) is 9.59 Å². The van der Waals surface area contributed by atoms with Gasteiger partial charge in [0.05, 0.1) is 12.7 Å². The van der Waals surface area contributed by atoms with E-state index in [2.05, 4.69) is 10.6 Å². The molecule has 0 radical (unpaired) electrons. The zero-order valence-electron chi connectivity index (χ0n) is 16.2. The topological polar surface area (TPSA) is 103 Å². The Balaban J connectivity index is 0.00000300. The zero-order valence-corrected chi connectivity index (χ0v) is 17.0. The molecule has 2 atom stereocenters. The van der Waals surface area contributed by atoms with E-state index in [1.54, 1.807) is 48.5 Å². The number of nitrogens with two attached hydrogens (primary N) is 1. The van der Waals surface area contributed by atoms with Crippen LogP contribution in [-0.2, 0) is 9.53 Å². The van der Waals surface area contributed by atoms with Crippen LogP contribution < -0.4 is 21.1 Å². The van der Waals surface area contributed by atoms with E-state index in [4.69, 9.17) is 15.2 Å². The summed E-state index contributed by atoms with van der Waals surface area (Å²) in [6.07, 6.45) is 0.927. The molecule has 1 aliphatic rings. The van der Waals surface area contributed by atoms with Crippen molar-refractivity contribution in [2.24, 2.45) is 5.73 Å². The van der Waals surface area contributed by atoms with E-state index in [9.17, 15) is 9.59 Å². The van der Waals surface area contributed by atoms with Gasteiger partial charge < -0.3 is 25.8 Å². The molecule has 2 amide bonds. The van der Waals surface area contributed by atoms with E-state index in [-0.39, 0.29) is 30.3 Å². The fraction of sp³-hybridized carbons (Fsp3) is 0.333. The Morgan fingerprint density at radius 3 is 2.24 bits per heavy atom. The van der Waals surface area contributed by atoms with Crippen LogP contribution >= 0.6 is 12.4 Å². The minimum atomic E-state index is -0.476. The molecule has 3 rings (SSSR count). The van der Waals surface area contributed by atoms with Crippen molar-refractivity contribution in [2.45, 2.75) is 32.0 Å². The average molecular weight is 420 g/mol. The molecular formula is C21H26ClN3O4. The summed E-state index contributed by atoms with van der Waals surface area (Å²) in [6.45, 7) is 2.93. The van der Waals surface area contributed by atoms with Crippen LogP contribution in [0.2, 0.25) is 0 Å². The van der Waals surface area contributed by atoms with Gasteiger partial charge in [0.2, 0.25) is 0 Å². The van der Waals surface area contributed by atoms with Crippen molar-refractivity contribution in [1.82, 2.24) is 0 Å². The molecule has 0 unspecified atom stereocenters. The second-order valence-corrected chi connectivity index (χ2v) is 6.54. The van der Waals surface area contributed by atoms with Crippen molar-refractivity contribution < 1.29 is 19.1 Å². The number of benzene rings is 2. The van der Waals surface area contributed by atoms with Crippen LogP contribution in [0.1, 0.15) is 30.1 Å². The summed E-state index contributed by atoms with van der Waals surface area (Å²) in [5.41, 5.74) is 7.35. The number of nitrogens with one attached hydrogen (secondary N) is 2. The third kappa shape index (κ3) is 6.19. The van der Waals surface area contributed by atoms with Gasteiger partial charge in [-0.2, -0.15) is 0 Å². The van der Waals surface area contributed by atoms with Crippen LogP contribution in [0.15, 0.2) is 48.5 Å². The van der Waals surface area contributed by atoms with Gasteiger partial charge in [0.15, 0.2) is 0 Å². The molecule has 2 aromatic carbocycles. The molecule has 1 aliphatic heterocycles. The Morgan fingerprint density at radius 1 is 1.03 bits per heavy atom. The highest BCUT2D eigenvalue weighted by Crippen LogP contribution is 2.21. The lowest BCUT2D eigenvalue weighted by Gasteiger charge is -2.13. The first-order valence-electron chi connectivity index (χ1n) is 9.39. The number of rotatable bonds is 7. The Hall–Kier alpha value is -2.61. The number of hydrogen-bond donors (Lipinski definition) is 3. The number of carbonyl (C=O) groups excluding carboxylic acids is 2. The Kier molecular flexibility index (Phi) is 8.45. The van der Waals surface area contributed by atoms with Crippen molar-refractivity contribution in [1.29, 1.82) is 0 Å². The summed E-state index contributed by atoms with van der Waals surface area (Å²) in [6, 6.07) is 13.9. The molecule has 156 valence electrons. The molecule has 29 heavy (non-hydrogen) atoms. The lowest BCUT2D eigenvalue weighted by atomic mass is 10.1. The largest absolute Gasteiger partial charge is 0.494 e. The molecule has 1 heterocycles. The SMILES string of the molecule is CCOc1ccc(NC(=O)c2ccc(NC(=O)[C@@H]3CC[C@H](CN)O3)cc2)cc1.Cl. The van der Waals surface area contributed by atoms with Crippen LogP contribution in [0.3, 0.4) is 0 Å². The molecule has 4 N–H and O–H groups in total. The van der Waals surface area contributed by atoms with Gasteiger partial charge in [-0.05, 0) is 68.3 Å².